The summed E-state index contributed by atoms with van der Waals surface area (Å²) in [4.78, 5) is 29.8. The van der Waals surface area contributed by atoms with E-state index in [1.807, 2.05) is 59.5 Å². The molecule has 1 atom stereocenters. The molecule has 0 saturated carbocycles. The molecule has 2 aliphatic heterocycles. The molecule has 2 heterocycles. The van der Waals surface area contributed by atoms with Gasteiger partial charge < -0.3 is 15.1 Å². The zero-order valence-corrected chi connectivity index (χ0v) is 19.1. The Balaban J connectivity index is 1.24. The lowest BCUT2D eigenvalue weighted by atomic mass is 9.94. The lowest BCUT2D eigenvalue weighted by molar-refractivity contribution is -0.132. The molecule has 0 radical (unpaired) electrons. The first-order chi connectivity index (χ1) is 15.6. The van der Waals surface area contributed by atoms with Gasteiger partial charge in [0.15, 0.2) is 0 Å². The van der Waals surface area contributed by atoms with Gasteiger partial charge in [-0.2, -0.15) is 0 Å². The van der Waals surface area contributed by atoms with E-state index in [-0.39, 0.29) is 18.4 Å². The Morgan fingerprint density at radius 3 is 2.31 bits per heavy atom. The number of amides is 2. The van der Waals surface area contributed by atoms with Crippen LogP contribution >= 0.6 is 0 Å². The quantitative estimate of drug-likeness (QED) is 0.748. The van der Waals surface area contributed by atoms with Gasteiger partial charge in [0.2, 0.25) is 5.91 Å². The monoisotopic (exact) mass is 433 g/mol. The van der Waals surface area contributed by atoms with Gasteiger partial charge in [-0.25, -0.2) is 0 Å². The number of hydrogen-bond acceptors (Lipinski definition) is 3. The Morgan fingerprint density at radius 2 is 1.59 bits per heavy atom. The van der Waals surface area contributed by atoms with Gasteiger partial charge in [-0.3, -0.25) is 9.59 Å². The Bertz CT molecular complexity index is 889. The Labute approximate surface area is 191 Å². The maximum absolute atomic E-state index is 12.8. The van der Waals surface area contributed by atoms with Crippen LogP contribution in [-0.2, 0) is 4.79 Å². The Morgan fingerprint density at radius 1 is 0.906 bits per heavy atom. The highest BCUT2D eigenvalue weighted by Gasteiger charge is 2.26. The second kappa shape index (κ2) is 10.8. The van der Waals surface area contributed by atoms with Crippen molar-refractivity contribution in [3.05, 3.63) is 60.2 Å². The molecule has 0 aromatic heterocycles. The minimum Gasteiger partial charge on any atom is -0.343 e. The predicted molar refractivity (Wildman–Crippen MR) is 128 cm³/mol. The van der Waals surface area contributed by atoms with Crippen molar-refractivity contribution in [1.29, 1.82) is 0 Å². The van der Waals surface area contributed by atoms with E-state index in [1.54, 1.807) is 0 Å². The van der Waals surface area contributed by atoms with Crippen LogP contribution < -0.4 is 5.32 Å². The summed E-state index contributed by atoms with van der Waals surface area (Å²) in [6, 6.07) is 17.6. The van der Waals surface area contributed by atoms with Crippen LogP contribution in [0.5, 0.6) is 0 Å². The van der Waals surface area contributed by atoms with Gasteiger partial charge in [-0.1, -0.05) is 49.4 Å². The van der Waals surface area contributed by atoms with Crippen molar-refractivity contribution in [2.24, 2.45) is 11.8 Å². The first-order valence-corrected chi connectivity index (χ1v) is 12.0. The fraction of sp³-hybridized carbons (Fsp3) is 0.481. The lowest BCUT2D eigenvalue weighted by Crippen LogP contribution is -2.48. The van der Waals surface area contributed by atoms with E-state index < -0.39 is 0 Å². The standard InChI is InChI=1S/C27H35N3O2/c1-21-13-16-29(17-14-21)19-22-6-5-15-30(20-22)26(31)18-28-27(32)25-11-9-24(10-12-25)23-7-3-2-4-8-23/h2-4,7-12,21-22H,5-6,13-20H2,1H3,(H,28,32). The number of rotatable bonds is 6. The van der Waals surface area contributed by atoms with Crippen LogP contribution in [0.4, 0.5) is 0 Å². The molecule has 1 unspecified atom stereocenters. The molecular weight excluding hydrogens is 398 g/mol. The van der Waals surface area contributed by atoms with E-state index in [2.05, 4.69) is 17.1 Å². The second-order valence-electron chi connectivity index (χ2n) is 9.46. The fourth-order valence-corrected chi connectivity index (χ4v) is 4.86. The zero-order valence-electron chi connectivity index (χ0n) is 19.1. The third kappa shape index (κ3) is 5.98. The summed E-state index contributed by atoms with van der Waals surface area (Å²) < 4.78 is 0. The molecule has 4 rings (SSSR count). The first-order valence-electron chi connectivity index (χ1n) is 12.0. The highest BCUT2D eigenvalue weighted by Crippen LogP contribution is 2.22. The van der Waals surface area contributed by atoms with Gasteiger partial charge in [0.25, 0.3) is 5.91 Å². The van der Waals surface area contributed by atoms with Gasteiger partial charge in [0.1, 0.15) is 0 Å². The van der Waals surface area contributed by atoms with Crippen molar-refractivity contribution in [3.63, 3.8) is 0 Å². The molecule has 2 fully saturated rings. The summed E-state index contributed by atoms with van der Waals surface area (Å²) in [5.41, 5.74) is 2.77. The highest BCUT2D eigenvalue weighted by molar-refractivity contribution is 5.96. The number of hydrogen-bond donors (Lipinski definition) is 1. The molecule has 2 aromatic rings. The number of benzene rings is 2. The SMILES string of the molecule is CC1CCN(CC2CCCN(C(=O)CNC(=O)c3ccc(-c4ccccc4)cc3)C2)CC1. The van der Waals surface area contributed by atoms with Gasteiger partial charge in [0, 0.05) is 25.2 Å². The van der Waals surface area contributed by atoms with Crippen molar-refractivity contribution >= 4 is 11.8 Å². The number of likely N-dealkylation sites (tertiary alicyclic amines) is 2. The van der Waals surface area contributed by atoms with Gasteiger partial charge in [-0.05, 0) is 73.9 Å². The van der Waals surface area contributed by atoms with E-state index in [0.29, 0.717) is 11.5 Å². The largest absolute Gasteiger partial charge is 0.343 e. The van der Waals surface area contributed by atoms with Crippen LogP contribution in [0.2, 0.25) is 0 Å². The molecule has 2 aliphatic rings. The normalized spacial score (nSPS) is 20.2. The topological polar surface area (TPSA) is 52.6 Å². The summed E-state index contributed by atoms with van der Waals surface area (Å²) in [5.74, 6) is 1.21. The maximum Gasteiger partial charge on any atom is 0.251 e. The highest BCUT2D eigenvalue weighted by atomic mass is 16.2. The van der Waals surface area contributed by atoms with E-state index >= 15 is 0 Å². The molecule has 1 N–H and O–H groups in total. The third-order valence-electron chi connectivity index (χ3n) is 6.92. The Kier molecular flexibility index (Phi) is 7.59. The molecule has 2 aromatic carbocycles. The summed E-state index contributed by atoms with van der Waals surface area (Å²) in [7, 11) is 0. The van der Waals surface area contributed by atoms with E-state index in [0.717, 1.165) is 43.1 Å². The molecule has 0 spiro atoms. The molecule has 2 saturated heterocycles. The third-order valence-corrected chi connectivity index (χ3v) is 6.92. The minimum atomic E-state index is -0.200. The van der Waals surface area contributed by atoms with E-state index in [4.69, 9.17) is 0 Å². The average molecular weight is 434 g/mol. The van der Waals surface area contributed by atoms with Crippen LogP contribution in [-0.4, -0.2) is 60.9 Å². The van der Waals surface area contributed by atoms with Crippen LogP contribution in [0.3, 0.4) is 0 Å². The zero-order chi connectivity index (χ0) is 22.3. The van der Waals surface area contributed by atoms with Crippen LogP contribution in [0.25, 0.3) is 11.1 Å². The molecule has 5 nitrogen and oxygen atoms in total. The molecule has 0 aliphatic carbocycles. The van der Waals surface area contributed by atoms with Gasteiger partial charge in [0.05, 0.1) is 6.54 Å². The minimum absolute atomic E-state index is 0.0243. The van der Waals surface area contributed by atoms with Crippen LogP contribution in [0.1, 0.15) is 43.0 Å². The van der Waals surface area contributed by atoms with Crippen molar-refractivity contribution in [2.75, 3.05) is 39.3 Å². The maximum atomic E-state index is 12.8. The summed E-state index contributed by atoms with van der Waals surface area (Å²) >= 11 is 0. The Hall–Kier alpha value is -2.66. The van der Waals surface area contributed by atoms with Gasteiger partial charge >= 0.3 is 0 Å². The lowest BCUT2D eigenvalue weighted by Gasteiger charge is -2.37. The van der Waals surface area contributed by atoms with Crippen molar-refractivity contribution in [2.45, 2.75) is 32.6 Å². The van der Waals surface area contributed by atoms with Crippen molar-refractivity contribution in [3.8, 4) is 11.1 Å². The molecule has 5 heteroatoms. The van der Waals surface area contributed by atoms with Crippen molar-refractivity contribution < 1.29 is 9.59 Å². The van der Waals surface area contributed by atoms with Gasteiger partial charge in [-0.15, -0.1) is 0 Å². The molecule has 2 amide bonds. The first kappa shape index (κ1) is 22.5. The number of piperidine rings is 2. The summed E-state index contributed by atoms with van der Waals surface area (Å²) in [6.45, 7) is 7.48. The smallest absolute Gasteiger partial charge is 0.251 e. The molecular formula is C27H35N3O2. The fourth-order valence-electron chi connectivity index (χ4n) is 4.86. The molecule has 0 bridgehead atoms. The average Bonchev–Trinajstić information content (AvgIpc) is 2.84. The van der Waals surface area contributed by atoms with E-state index in [1.165, 1.54) is 32.4 Å². The van der Waals surface area contributed by atoms with Crippen LogP contribution in [0.15, 0.2) is 54.6 Å². The number of carbonyl (C=O) groups is 2. The predicted octanol–water partition coefficient (Wildman–Crippen LogP) is 4.05. The number of carbonyl (C=O) groups excluding carboxylic acids is 2. The van der Waals surface area contributed by atoms with Crippen molar-refractivity contribution in [1.82, 2.24) is 15.1 Å². The molecule has 170 valence electrons. The summed E-state index contributed by atoms with van der Waals surface area (Å²) in [5, 5.41) is 2.82. The molecule has 32 heavy (non-hydrogen) atoms. The van der Waals surface area contributed by atoms with E-state index in [9.17, 15) is 9.59 Å². The number of nitrogens with zero attached hydrogens (tertiary/aromatic N) is 2. The number of nitrogens with one attached hydrogen (secondary N) is 1. The summed E-state index contributed by atoms with van der Waals surface area (Å²) in [6.07, 6.45) is 4.81. The second-order valence-corrected chi connectivity index (χ2v) is 9.46. The van der Waals surface area contributed by atoms with Crippen LogP contribution in [0, 0.1) is 11.8 Å².